The van der Waals surface area contributed by atoms with Gasteiger partial charge in [0.05, 0.1) is 20.8 Å². The number of hydrogen-bond donors (Lipinski definition) is 3. The van der Waals surface area contributed by atoms with E-state index in [9.17, 15) is 4.79 Å². The quantitative estimate of drug-likeness (QED) is 0.453. The number of nitrogens with one attached hydrogen (secondary N) is 3. The van der Waals surface area contributed by atoms with Gasteiger partial charge >= 0.3 is 0 Å². The summed E-state index contributed by atoms with van der Waals surface area (Å²) in [7, 11) is 4.87. The van der Waals surface area contributed by atoms with E-state index in [0.717, 1.165) is 12.0 Å². The summed E-state index contributed by atoms with van der Waals surface area (Å²) in [5.74, 6) is 1.82. The van der Waals surface area contributed by atoms with Crippen molar-refractivity contribution in [1.29, 1.82) is 0 Å². The molecule has 0 heterocycles. The number of aliphatic imine (C=N–C) groups is 1. The number of nitrogens with zero attached hydrogens (tertiary/aromatic N) is 1. The molecule has 150 valence electrons. The van der Waals surface area contributed by atoms with Crippen LogP contribution in [-0.2, 0) is 17.8 Å². The average Bonchev–Trinajstić information content (AvgIpc) is 2.74. The zero-order valence-corrected chi connectivity index (χ0v) is 16.6. The third kappa shape index (κ3) is 6.83. The van der Waals surface area contributed by atoms with Crippen molar-refractivity contribution in [2.24, 2.45) is 4.99 Å². The molecule has 7 nitrogen and oxygen atoms in total. The molecule has 0 aromatic heterocycles. The van der Waals surface area contributed by atoms with Gasteiger partial charge in [0, 0.05) is 20.1 Å². The third-order valence-electron chi connectivity index (χ3n) is 4.13. The van der Waals surface area contributed by atoms with Crippen molar-refractivity contribution >= 4 is 11.9 Å². The first-order valence-electron chi connectivity index (χ1n) is 9.12. The Morgan fingerprint density at radius 3 is 2.36 bits per heavy atom. The highest BCUT2D eigenvalue weighted by Crippen LogP contribution is 2.27. The number of benzene rings is 2. The molecule has 7 heteroatoms. The van der Waals surface area contributed by atoms with Gasteiger partial charge in [0.25, 0.3) is 0 Å². The summed E-state index contributed by atoms with van der Waals surface area (Å²) in [6.45, 7) is 1.29. The van der Waals surface area contributed by atoms with Gasteiger partial charge < -0.3 is 25.4 Å². The maximum absolute atomic E-state index is 12.0. The fraction of sp³-hybridized carbons (Fsp3) is 0.333. The molecular weight excluding hydrogens is 356 g/mol. The van der Waals surface area contributed by atoms with Crippen LogP contribution in [0.25, 0.3) is 0 Å². The Morgan fingerprint density at radius 1 is 0.929 bits per heavy atom. The topological polar surface area (TPSA) is 84.0 Å². The Morgan fingerprint density at radius 2 is 1.68 bits per heavy atom. The van der Waals surface area contributed by atoms with Crippen LogP contribution in [0, 0.1) is 0 Å². The van der Waals surface area contributed by atoms with E-state index >= 15 is 0 Å². The maximum Gasteiger partial charge on any atom is 0.239 e. The highest BCUT2D eigenvalue weighted by atomic mass is 16.5. The zero-order chi connectivity index (χ0) is 20.2. The predicted molar refractivity (Wildman–Crippen MR) is 111 cm³/mol. The van der Waals surface area contributed by atoms with Gasteiger partial charge in [-0.1, -0.05) is 36.4 Å². The van der Waals surface area contributed by atoms with Gasteiger partial charge in [0.2, 0.25) is 5.91 Å². The van der Waals surface area contributed by atoms with Crippen molar-refractivity contribution in [2.45, 2.75) is 13.0 Å². The van der Waals surface area contributed by atoms with Crippen molar-refractivity contribution in [3.8, 4) is 11.5 Å². The minimum absolute atomic E-state index is 0.0787. The van der Waals surface area contributed by atoms with E-state index in [2.05, 4.69) is 20.9 Å². The number of hydrogen-bond acceptors (Lipinski definition) is 4. The number of ether oxygens (including phenoxy) is 2. The van der Waals surface area contributed by atoms with Crippen molar-refractivity contribution in [1.82, 2.24) is 16.0 Å². The number of rotatable bonds is 9. The number of guanidine groups is 1. The van der Waals surface area contributed by atoms with E-state index < -0.39 is 0 Å². The number of amides is 1. The lowest BCUT2D eigenvalue weighted by Gasteiger charge is -2.13. The Hall–Kier alpha value is -3.22. The van der Waals surface area contributed by atoms with Crippen LogP contribution in [-0.4, -0.2) is 46.2 Å². The average molecular weight is 384 g/mol. The van der Waals surface area contributed by atoms with Gasteiger partial charge in [0.1, 0.15) is 0 Å². The van der Waals surface area contributed by atoms with Crippen LogP contribution >= 0.6 is 0 Å². The highest BCUT2D eigenvalue weighted by molar-refractivity contribution is 5.86. The van der Waals surface area contributed by atoms with Crippen LogP contribution in [0.3, 0.4) is 0 Å². The van der Waals surface area contributed by atoms with E-state index in [1.807, 2.05) is 48.5 Å². The fourth-order valence-corrected chi connectivity index (χ4v) is 2.61. The molecule has 28 heavy (non-hydrogen) atoms. The minimum Gasteiger partial charge on any atom is -0.493 e. The summed E-state index contributed by atoms with van der Waals surface area (Å²) < 4.78 is 10.5. The molecule has 0 aliphatic carbocycles. The molecule has 0 aliphatic rings. The third-order valence-corrected chi connectivity index (χ3v) is 4.13. The Balaban J connectivity index is 1.73. The van der Waals surface area contributed by atoms with Crippen LogP contribution < -0.4 is 25.4 Å². The van der Waals surface area contributed by atoms with Crippen molar-refractivity contribution in [2.75, 3.05) is 34.4 Å². The summed E-state index contributed by atoms with van der Waals surface area (Å²) in [6, 6.07) is 15.8. The van der Waals surface area contributed by atoms with Crippen LogP contribution in [0.2, 0.25) is 0 Å². The first-order valence-corrected chi connectivity index (χ1v) is 9.12. The summed E-state index contributed by atoms with van der Waals surface area (Å²) in [5, 5.41) is 9.08. The Labute approximate surface area is 166 Å². The summed E-state index contributed by atoms with van der Waals surface area (Å²) in [4.78, 5) is 16.1. The van der Waals surface area contributed by atoms with E-state index in [-0.39, 0.29) is 12.5 Å². The standard InChI is InChI=1S/C21H28N4O3/c1-22-21(24-14-17-9-10-18(27-2)19(13-17)28-3)25-15-20(26)23-12-11-16-7-5-4-6-8-16/h4-10,13H,11-12,14-15H2,1-3H3,(H,23,26)(H2,22,24,25). The minimum atomic E-state index is -0.0787. The fourth-order valence-electron chi connectivity index (χ4n) is 2.61. The molecule has 2 aromatic rings. The van der Waals surface area contributed by atoms with Crippen LogP contribution in [0.15, 0.2) is 53.5 Å². The second-order valence-electron chi connectivity index (χ2n) is 6.05. The Kier molecular flexibility index (Phi) is 8.65. The molecular formula is C21H28N4O3. The molecule has 0 unspecified atom stereocenters. The van der Waals surface area contributed by atoms with Crippen LogP contribution in [0.1, 0.15) is 11.1 Å². The van der Waals surface area contributed by atoms with Crippen molar-refractivity contribution in [3.63, 3.8) is 0 Å². The molecule has 0 fully saturated rings. The lowest BCUT2D eigenvalue weighted by molar-refractivity contribution is -0.119. The van der Waals surface area contributed by atoms with Gasteiger partial charge in [-0.15, -0.1) is 0 Å². The first-order chi connectivity index (χ1) is 13.7. The molecule has 0 spiro atoms. The molecule has 3 N–H and O–H groups in total. The van der Waals surface area contributed by atoms with Gasteiger partial charge in [-0.3, -0.25) is 9.79 Å². The summed E-state index contributed by atoms with van der Waals surface area (Å²) in [5.41, 5.74) is 2.20. The molecule has 0 saturated carbocycles. The molecule has 0 atom stereocenters. The van der Waals surface area contributed by atoms with Crippen molar-refractivity contribution in [3.05, 3.63) is 59.7 Å². The van der Waals surface area contributed by atoms with E-state index in [0.29, 0.717) is 30.5 Å². The van der Waals surface area contributed by atoms with E-state index in [1.54, 1.807) is 21.3 Å². The predicted octanol–water partition coefficient (Wildman–Crippen LogP) is 1.73. The second kappa shape index (κ2) is 11.5. The number of carbonyl (C=O) groups excluding carboxylic acids is 1. The first kappa shape index (κ1) is 21.1. The van der Waals surface area contributed by atoms with Gasteiger partial charge in [-0.2, -0.15) is 0 Å². The highest BCUT2D eigenvalue weighted by Gasteiger charge is 2.06. The van der Waals surface area contributed by atoms with Crippen LogP contribution in [0.5, 0.6) is 11.5 Å². The summed E-state index contributed by atoms with van der Waals surface area (Å²) >= 11 is 0. The Bertz CT molecular complexity index is 778. The molecule has 2 aromatic carbocycles. The van der Waals surface area contributed by atoms with Crippen LogP contribution in [0.4, 0.5) is 0 Å². The van der Waals surface area contributed by atoms with Gasteiger partial charge in [-0.25, -0.2) is 0 Å². The lowest BCUT2D eigenvalue weighted by atomic mass is 10.1. The van der Waals surface area contributed by atoms with E-state index in [1.165, 1.54) is 5.56 Å². The molecule has 1 amide bonds. The lowest BCUT2D eigenvalue weighted by Crippen LogP contribution is -2.43. The molecule has 2 rings (SSSR count). The van der Waals surface area contributed by atoms with Crippen molar-refractivity contribution < 1.29 is 14.3 Å². The zero-order valence-electron chi connectivity index (χ0n) is 16.6. The summed E-state index contributed by atoms with van der Waals surface area (Å²) in [6.07, 6.45) is 0.804. The van der Waals surface area contributed by atoms with Gasteiger partial charge in [0.15, 0.2) is 17.5 Å². The molecule has 0 aliphatic heterocycles. The second-order valence-corrected chi connectivity index (χ2v) is 6.05. The SMILES string of the molecule is CN=C(NCC(=O)NCCc1ccccc1)NCc1ccc(OC)c(OC)c1. The van der Waals surface area contributed by atoms with Gasteiger partial charge in [-0.05, 0) is 29.7 Å². The number of carbonyl (C=O) groups is 1. The monoisotopic (exact) mass is 384 g/mol. The molecule has 0 saturated heterocycles. The number of methoxy groups -OCH3 is 2. The normalized spacial score (nSPS) is 10.9. The van der Waals surface area contributed by atoms with E-state index in [4.69, 9.17) is 9.47 Å². The maximum atomic E-state index is 12.0. The smallest absolute Gasteiger partial charge is 0.239 e. The molecule has 0 radical (unpaired) electrons. The largest absolute Gasteiger partial charge is 0.493 e. The molecule has 0 bridgehead atoms.